The summed E-state index contributed by atoms with van der Waals surface area (Å²) in [6.07, 6.45) is 4.00. The van der Waals surface area contributed by atoms with Crippen LogP contribution in [0.3, 0.4) is 0 Å². The van der Waals surface area contributed by atoms with Crippen LogP contribution in [0.15, 0.2) is 67.0 Å². The van der Waals surface area contributed by atoms with Crippen LogP contribution in [-0.4, -0.2) is 30.9 Å². The molecule has 0 atom stereocenters. The molecule has 0 aliphatic heterocycles. The first kappa shape index (κ1) is 16.8. The Morgan fingerprint density at radius 1 is 1.00 bits per heavy atom. The molecule has 2 aromatic heterocycles. The fraction of sp³-hybridized carbons (Fsp3) is 0.200. The van der Waals surface area contributed by atoms with Crippen LogP contribution >= 0.6 is 12.2 Å². The van der Waals surface area contributed by atoms with Crippen molar-refractivity contribution in [3.05, 3.63) is 77.3 Å². The zero-order chi connectivity index (χ0) is 18.1. The van der Waals surface area contributed by atoms with E-state index in [1.54, 1.807) is 0 Å². The highest BCUT2D eigenvalue weighted by Gasteiger charge is 2.10. The quantitative estimate of drug-likeness (QED) is 0.503. The molecule has 0 aliphatic rings. The fourth-order valence-corrected chi connectivity index (χ4v) is 3.52. The first-order valence-electron chi connectivity index (χ1n) is 8.55. The number of nitrogens with zero attached hydrogens (tertiary/aromatic N) is 5. The normalized spacial score (nSPS) is 11.5. The lowest BCUT2D eigenvalue weighted by molar-refractivity contribution is 0.262. The second-order valence-electron chi connectivity index (χ2n) is 6.54. The number of aryl methyl sites for hydroxylation is 1. The van der Waals surface area contributed by atoms with Gasteiger partial charge in [-0.05, 0) is 43.5 Å². The summed E-state index contributed by atoms with van der Waals surface area (Å²) in [6.45, 7) is 1.54. The van der Waals surface area contributed by atoms with Crippen molar-refractivity contribution in [1.82, 2.24) is 23.8 Å². The standard InChI is InChI=1S/C20H21N5S/c1-22(13-16-12-21-25(14-16)17-8-4-3-5-9-17)15-24-19-11-7-6-10-18(19)23(2)20(24)26/h3-12,14H,13,15H2,1-2H3. The first-order valence-corrected chi connectivity index (χ1v) is 8.96. The minimum atomic E-state index is 0.733. The third-order valence-corrected chi connectivity index (χ3v) is 5.04. The van der Waals surface area contributed by atoms with Crippen LogP contribution in [0.5, 0.6) is 0 Å². The van der Waals surface area contributed by atoms with Crippen LogP contribution in [0.25, 0.3) is 16.7 Å². The van der Waals surface area contributed by atoms with E-state index in [0.29, 0.717) is 0 Å². The summed E-state index contributed by atoms with van der Waals surface area (Å²) in [7, 11) is 4.12. The van der Waals surface area contributed by atoms with E-state index in [-0.39, 0.29) is 0 Å². The molecular formula is C20H21N5S. The van der Waals surface area contributed by atoms with Crippen LogP contribution in [0.4, 0.5) is 0 Å². The third kappa shape index (κ3) is 3.09. The molecule has 5 nitrogen and oxygen atoms in total. The van der Waals surface area contributed by atoms with Gasteiger partial charge in [-0.2, -0.15) is 5.10 Å². The highest BCUT2D eigenvalue weighted by atomic mass is 32.1. The van der Waals surface area contributed by atoms with E-state index < -0.39 is 0 Å². The smallest absolute Gasteiger partial charge is 0.181 e. The molecule has 0 N–H and O–H groups in total. The second-order valence-corrected chi connectivity index (χ2v) is 6.91. The fourth-order valence-electron chi connectivity index (χ4n) is 3.27. The molecule has 0 fully saturated rings. The van der Waals surface area contributed by atoms with Gasteiger partial charge in [0.15, 0.2) is 4.77 Å². The molecule has 26 heavy (non-hydrogen) atoms. The molecule has 0 aliphatic carbocycles. The Kier molecular flexibility index (Phi) is 4.44. The molecule has 4 aromatic rings. The Hall–Kier alpha value is -2.70. The third-order valence-electron chi connectivity index (χ3n) is 4.54. The van der Waals surface area contributed by atoms with E-state index >= 15 is 0 Å². The van der Waals surface area contributed by atoms with Crippen molar-refractivity contribution >= 4 is 23.3 Å². The van der Waals surface area contributed by atoms with Crippen molar-refractivity contribution in [1.29, 1.82) is 0 Å². The number of hydrogen-bond donors (Lipinski definition) is 0. The van der Waals surface area contributed by atoms with E-state index in [1.165, 1.54) is 5.56 Å². The molecule has 0 unspecified atom stereocenters. The highest BCUT2D eigenvalue weighted by Crippen LogP contribution is 2.17. The highest BCUT2D eigenvalue weighted by molar-refractivity contribution is 7.71. The van der Waals surface area contributed by atoms with E-state index in [0.717, 1.165) is 34.7 Å². The Bertz CT molecular complexity index is 1090. The van der Waals surface area contributed by atoms with Gasteiger partial charge in [-0.25, -0.2) is 4.68 Å². The average molecular weight is 363 g/mol. The maximum atomic E-state index is 5.63. The number of para-hydroxylation sites is 3. The van der Waals surface area contributed by atoms with Crippen molar-refractivity contribution in [3.8, 4) is 5.69 Å². The molecule has 132 valence electrons. The summed E-state index contributed by atoms with van der Waals surface area (Å²) in [5, 5.41) is 4.48. The Labute approximate surface area is 157 Å². The van der Waals surface area contributed by atoms with Crippen molar-refractivity contribution in [2.75, 3.05) is 7.05 Å². The van der Waals surface area contributed by atoms with Gasteiger partial charge in [0.05, 0.1) is 29.6 Å². The van der Waals surface area contributed by atoms with Gasteiger partial charge in [0.2, 0.25) is 0 Å². The predicted molar refractivity (Wildman–Crippen MR) is 107 cm³/mol. The summed E-state index contributed by atoms with van der Waals surface area (Å²) in [4.78, 5) is 2.24. The van der Waals surface area contributed by atoms with Gasteiger partial charge in [-0.15, -0.1) is 0 Å². The van der Waals surface area contributed by atoms with Gasteiger partial charge in [-0.1, -0.05) is 30.3 Å². The molecular weight excluding hydrogens is 342 g/mol. The van der Waals surface area contributed by atoms with E-state index in [1.807, 2.05) is 42.2 Å². The van der Waals surface area contributed by atoms with Crippen LogP contribution in [0, 0.1) is 4.77 Å². The first-order chi connectivity index (χ1) is 12.6. The average Bonchev–Trinajstić information content (AvgIpc) is 3.22. The topological polar surface area (TPSA) is 30.9 Å². The van der Waals surface area contributed by atoms with Crippen LogP contribution < -0.4 is 0 Å². The van der Waals surface area contributed by atoms with Crippen molar-refractivity contribution < 1.29 is 0 Å². The molecule has 2 aromatic carbocycles. The summed E-state index contributed by atoms with van der Waals surface area (Å²) in [6, 6.07) is 18.5. The second kappa shape index (κ2) is 6.90. The minimum absolute atomic E-state index is 0.733. The molecule has 0 amide bonds. The van der Waals surface area contributed by atoms with E-state index in [9.17, 15) is 0 Å². The van der Waals surface area contributed by atoms with Gasteiger partial charge in [0.25, 0.3) is 0 Å². The molecule has 6 heteroatoms. The lowest BCUT2D eigenvalue weighted by Crippen LogP contribution is -2.21. The summed E-state index contributed by atoms with van der Waals surface area (Å²) < 4.78 is 6.98. The number of fused-ring (bicyclic) bond motifs is 1. The zero-order valence-electron chi connectivity index (χ0n) is 14.9. The number of hydrogen-bond acceptors (Lipinski definition) is 3. The van der Waals surface area contributed by atoms with Gasteiger partial charge >= 0.3 is 0 Å². The molecule has 0 saturated heterocycles. The maximum absolute atomic E-state index is 5.63. The summed E-state index contributed by atoms with van der Waals surface area (Å²) >= 11 is 5.63. The van der Waals surface area contributed by atoms with Gasteiger partial charge in [0.1, 0.15) is 0 Å². The molecule has 0 spiro atoms. The van der Waals surface area contributed by atoms with Gasteiger partial charge in [-0.3, -0.25) is 4.90 Å². The minimum Gasteiger partial charge on any atom is -0.320 e. The van der Waals surface area contributed by atoms with Crippen molar-refractivity contribution in [2.45, 2.75) is 13.2 Å². The number of rotatable bonds is 5. The predicted octanol–water partition coefficient (Wildman–Crippen LogP) is 3.98. The van der Waals surface area contributed by atoms with Crippen LogP contribution in [0.2, 0.25) is 0 Å². The Balaban J connectivity index is 1.54. The zero-order valence-corrected chi connectivity index (χ0v) is 15.7. The van der Waals surface area contributed by atoms with Gasteiger partial charge < -0.3 is 9.13 Å². The maximum Gasteiger partial charge on any atom is 0.181 e. The SMILES string of the molecule is CN(Cc1cnn(-c2ccccc2)c1)Cn1c(=S)n(C)c2ccccc21. The van der Waals surface area contributed by atoms with E-state index in [4.69, 9.17) is 12.2 Å². The number of imidazole rings is 1. The van der Waals surface area contributed by atoms with Crippen molar-refractivity contribution in [2.24, 2.45) is 7.05 Å². The Morgan fingerprint density at radius 3 is 2.46 bits per heavy atom. The van der Waals surface area contributed by atoms with E-state index in [2.05, 4.69) is 62.7 Å². The largest absolute Gasteiger partial charge is 0.320 e. The number of benzene rings is 2. The van der Waals surface area contributed by atoms with Crippen LogP contribution in [0.1, 0.15) is 5.56 Å². The Morgan fingerprint density at radius 2 is 1.69 bits per heavy atom. The van der Waals surface area contributed by atoms with Crippen molar-refractivity contribution in [3.63, 3.8) is 0 Å². The monoisotopic (exact) mass is 363 g/mol. The molecule has 4 rings (SSSR count). The molecule has 0 bridgehead atoms. The molecule has 0 radical (unpaired) electrons. The summed E-state index contributed by atoms with van der Waals surface area (Å²) in [5.74, 6) is 0. The lowest BCUT2D eigenvalue weighted by atomic mass is 10.3. The van der Waals surface area contributed by atoms with Crippen LogP contribution in [-0.2, 0) is 20.3 Å². The molecule has 2 heterocycles. The summed E-state index contributed by atoms with van der Waals surface area (Å²) in [5.41, 5.74) is 4.55. The van der Waals surface area contributed by atoms with Gasteiger partial charge in [0, 0.05) is 25.4 Å². The number of aromatic nitrogens is 4. The molecule has 0 saturated carbocycles. The lowest BCUT2D eigenvalue weighted by Gasteiger charge is -2.17.